The highest BCUT2D eigenvalue weighted by atomic mass is 32.1. The van der Waals surface area contributed by atoms with Gasteiger partial charge in [-0.2, -0.15) is 0 Å². The topological polar surface area (TPSA) is 83.6 Å². The zero-order valence-electron chi connectivity index (χ0n) is 16.6. The summed E-state index contributed by atoms with van der Waals surface area (Å²) >= 11 is 1.36. The van der Waals surface area contributed by atoms with E-state index in [1.807, 2.05) is 42.5 Å². The second-order valence-corrected chi connectivity index (χ2v) is 8.22. The highest BCUT2D eigenvalue weighted by Crippen LogP contribution is 2.44. The van der Waals surface area contributed by atoms with Crippen LogP contribution in [0.4, 0.5) is 5.13 Å². The van der Waals surface area contributed by atoms with Gasteiger partial charge in [-0.3, -0.25) is 14.5 Å². The predicted molar refractivity (Wildman–Crippen MR) is 118 cm³/mol. The van der Waals surface area contributed by atoms with Crippen molar-refractivity contribution >= 4 is 38.4 Å². The Morgan fingerprint density at radius 3 is 2.68 bits per heavy atom. The zero-order valence-corrected chi connectivity index (χ0v) is 17.4. The Labute approximate surface area is 182 Å². The lowest BCUT2D eigenvalue weighted by Gasteiger charge is -2.24. The first-order valence-electron chi connectivity index (χ1n) is 9.87. The fourth-order valence-corrected chi connectivity index (χ4v) is 4.86. The van der Waals surface area contributed by atoms with E-state index in [0.29, 0.717) is 10.7 Å². The van der Waals surface area contributed by atoms with E-state index in [2.05, 4.69) is 18.0 Å². The van der Waals surface area contributed by atoms with Gasteiger partial charge in [0, 0.05) is 0 Å². The van der Waals surface area contributed by atoms with Crippen molar-refractivity contribution in [2.75, 3.05) is 4.90 Å². The molecule has 6 nitrogen and oxygen atoms in total. The number of thiazole rings is 1. The van der Waals surface area contributed by atoms with Crippen molar-refractivity contribution in [2.24, 2.45) is 0 Å². The van der Waals surface area contributed by atoms with Crippen LogP contribution in [0.15, 0.2) is 82.7 Å². The van der Waals surface area contributed by atoms with E-state index in [1.54, 1.807) is 6.07 Å². The average Bonchev–Trinajstić information content (AvgIpc) is 3.52. The Balaban J connectivity index is 1.66. The predicted octanol–water partition coefficient (Wildman–Crippen LogP) is 5.23. The molecule has 1 aliphatic rings. The molecule has 7 heteroatoms. The second-order valence-electron chi connectivity index (χ2n) is 7.21. The summed E-state index contributed by atoms with van der Waals surface area (Å²) in [5.74, 6) is -1.70. The SMILES string of the molecule is CCc1ccc2nc(N3C(=O)C(O)=C(C(=O)c4ccco4)C3c3ccccc3)sc2c1. The molecule has 4 aromatic rings. The first kappa shape index (κ1) is 19.3. The van der Waals surface area contributed by atoms with Crippen molar-refractivity contribution in [2.45, 2.75) is 19.4 Å². The van der Waals surface area contributed by atoms with Gasteiger partial charge in [0.05, 0.1) is 28.1 Å². The number of nitrogens with zero attached hydrogens (tertiary/aromatic N) is 2. The lowest BCUT2D eigenvalue weighted by molar-refractivity contribution is -0.117. The summed E-state index contributed by atoms with van der Waals surface area (Å²) in [4.78, 5) is 32.4. The van der Waals surface area contributed by atoms with E-state index in [1.165, 1.54) is 34.1 Å². The van der Waals surface area contributed by atoms with Gasteiger partial charge in [0.15, 0.2) is 16.7 Å². The van der Waals surface area contributed by atoms with Crippen LogP contribution < -0.4 is 4.90 Å². The maximum absolute atomic E-state index is 13.2. The summed E-state index contributed by atoms with van der Waals surface area (Å²) in [6.45, 7) is 2.08. The molecule has 1 unspecified atom stereocenters. The van der Waals surface area contributed by atoms with Gasteiger partial charge in [-0.05, 0) is 41.8 Å². The minimum Gasteiger partial charge on any atom is -0.503 e. The van der Waals surface area contributed by atoms with Gasteiger partial charge in [0.1, 0.15) is 0 Å². The molecule has 0 bridgehead atoms. The zero-order chi connectivity index (χ0) is 21.5. The fraction of sp³-hybridized carbons (Fsp3) is 0.125. The van der Waals surface area contributed by atoms with Crippen LogP contribution in [0.1, 0.15) is 34.6 Å². The molecule has 0 radical (unpaired) electrons. The first-order chi connectivity index (χ1) is 15.1. The van der Waals surface area contributed by atoms with E-state index in [4.69, 9.17) is 4.42 Å². The molecule has 1 N–H and O–H groups in total. The third-order valence-corrected chi connectivity index (χ3v) is 6.39. The van der Waals surface area contributed by atoms with Gasteiger partial charge in [0.25, 0.3) is 5.91 Å². The molecule has 3 heterocycles. The first-order valence-corrected chi connectivity index (χ1v) is 10.7. The number of aliphatic hydroxyl groups is 1. The smallest absolute Gasteiger partial charge is 0.296 e. The summed E-state index contributed by atoms with van der Waals surface area (Å²) in [6, 6.07) is 17.4. The van der Waals surface area contributed by atoms with E-state index in [0.717, 1.165) is 16.6 Å². The van der Waals surface area contributed by atoms with Gasteiger partial charge < -0.3 is 9.52 Å². The van der Waals surface area contributed by atoms with Crippen LogP contribution in [0, 0.1) is 0 Å². The number of hydrogen-bond donors (Lipinski definition) is 1. The third kappa shape index (κ3) is 3.14. The number of furan rings is 1. The fourth-order valence-electron chi connectivity index (χ4n) is 3.81. The number of rotatable bonds is 5. The van der Waals surface area contributed by atoms with Crippen molar-refractivity contribution in [3.8, 4) is 0 Å². The van der Waals surface area contributed by atoms with E-state index < -0.39 is 23.5 Å². The van der Waals surface area contributed by atoms with Crippen molar-refractivity contribution in [3.05, 3.63) is 95.1 Å². The number of carbonyl (C=O) groups is 2. The Kier molecular flexibility index (Phi) is 4.67. The van der Waals surface area contributed by atoms with Gasteiger partial charge in [-0.1, -0.05) is 54.7 Å². The quantitative estimate of drug-likeness (QED) is 0.438. The molecule has 2 aromatic heterocycles. The molecule has 0 aliphatic carbocycles. The molecular formula is C24H18N2O4S. The molecule has 0 saturated carbocycles. The van der Waals surface area contributed by atoms with Crippen molar-refractivity contribution in [1.82, 2.24) is 4.98 Å². The molecule has 1 amide bonds. The summed E-state index contributed by atoms with van der Waals surface area (Å²) in [5.41, 5.74) is 2.62. The Hall–Kier alpha value is -3.71. The largest absolute Gasteiger partial charge is 0.503 e. The summed E-state index contributed by atoms with van der Waals surface area (Å²) in [7, 11) is 0. The number of carbonyl (C=O) groups excluding carboxylic acids is 2. The maximum atomic E-state index is 13.2. The molecule has 0 spiro atoms. The Morgan fingerprint density at radius 1 is 1.16 bits per heavy atom. The number of fused-ring (bicyclic) bond motifs is 1. The molecule has 5 rings (SSSR count). The normalized spacial score (nSPS) is 16.5. The van der Waals surface area contributed by atoms with Crippen LogP contribution in [-0.4, -0.2) is 21.8 Å². The standard InChI is InChI=1S/C24H18N2O4S/c1-2-14-10-11-16-18(13-14)31-24(25-16)26-20(15-7-4-3-5-8-15)19(22(28)23(26)29)21(27)17-9-6-12-30-17/h3-13,20,28H,2H2,1H3. The average molecular weight is 430 g/mol. The van der Waals surface area contributed by atoms with Crippen LogP contribution in [0.3, 0.4) is 0 Å². The van der Waals surface area contributed by atoms with Crippen LogP contribution in [0.2, 0.25) is 0 Å². The minimum atomic E-state index is -0.808. The number of aryl methyl sites for hydroxylation is 1. The highest BCUT2D eigenvalue weighted by molar-refractivity contribution is 7.22. The number of Topliss-reactive ketones (excluding diaryl/α,β-unsaturated/α-hetero) is 1. The molecule has 31 heavy (non-hydrogen) atoms. The van der Waals surface area contributed by atoms with E-state index in [9.17, 15) is 14.7 Å². The molecule has 1 atom stereocenters. The lowest BCUT2D eigenvalue weighted by atomic mass is 9.95. The number of aromatic nitrogens is 1. The number of ketones is 1. The summed E-state index contributed by atoms with van der Waals surface area (Å²) < 4.78 is 6.20. The van der Waals surface area contributed by atoms with Gasteiger partial charge >= 0.3 is 0 Å². The summed E-state index contributed by atoms with van der Waals surface area (Å²) in [5, 5.41) is 11.2. The minimum absolute atomic E-state index is 0.0142. The van der Waals surface area contributed by atoms with E-state index >= 15 is 0 Å². The number of amides is 1. The molecule has 1 aliphatic heterocycles. The number of aliphatic hydroxyl groups excluding tert-OH is 1. The van der Waals surface area contributed by atoms with E-state index in [-0.39, 0.29) is 11.3 Å². The molecular weight excluding hydrogens is 412 g/mol. The monoisotopic (exact) mass is 430 g/mol. The molecule has 0 saturated heterocycles. The maximum Gasteiger partial charge on any atom is 0.296 e. The third-order valence-electron chi connectivity index (χ3n) is 5.37. The number of benzene rings is 2. The van der Waals surface area contributed by atoms with Gasteiger partial charge in [-0.15, -0.1) is 0 Å². The van der Waals surface area contributed by atoms with Gasteiger partial charge in [-0.25, -0.2) is 4.98 Å². The lowest BCUT2D eigenvalue weighted by Crippen LogP contribution is -2.30. The number of hydrogen-bond acceptors (Lipinski definition) is 6. The molecule has 154 valence electrons. The van der Waals surface area contributed by atoms with Crippen molar-refractivity contribution in [3.63, 3.8) is 0 Å². The molecule has 0 fully saturated rings. The van der Waals surface area contributed by atoms with Crippen molar-refractivity contribution in [1.29, 1.82) is 0 Å². The highest BCUT2D eigenvalue weighted by Gasteiger charge is 2.46. The number of anilines is 1. The summed E-state index contributed by atoms with van der Waals surface area (Å²) in [6.07, 6.45) is 2.28. The van der Waals surface area contributed by atoms with Gasteiger partial charge in [0.2, 0.25) is 5.78 Å². The van der Waals surface area contributed by atoms with Crippen molar-refractivity contribution < 1.29 is 19.1 Å². The van der Waals surface area contributed by atoms with Crippen LogP contribution in [0.25, 0.3) is 10.2 Å². The second kappa shape index (κ2) is 7.52. The Morgan fingerprint density at radius 2 is 1.97 bits per heavy atom. The Bertz CT molecular complexity index is 1320. The van der Waals surface area contributed by atoms with Crippen LogP contribution in [-0.2, 0) is 11.2 Å². The van der Waals surface area contributed by atoms with Crippen LogP contribution in [0.5, 0.6) is 0 Å². The molecule has 2 aromatic carbocycles. The van der Waals surface area contributed by atoms with Crippen LogP contribution >= 0.6 is 11.3 Å².